The first-order chi connectivity index (χ1) is 7.99. The van der Waals surface area contributed by atoms with Crippen LogP contribution in [-0.4, -0.2) is 36.2 Å². The van der Waals surface area contributed by atoms with Gasteiger partial charge < -0.3 is 16.0 Å². The van der Waals surface area contributed by atoms with Crippen molar-refractivity contribution in [1.82, 2.24) is 15.5 Å². The van der Waals surface area contributed by atoms with Gasteiger partial charge in [-0.25, -0.2) is 0 Å². The van der Waals surface area contributed by atoms with Crippen molar-refractivity contribution in [3.05, 3.63) is 12.1 Å². The van der Waals surface area contributed by atoms with Crippen LogP contribution in [0.5, 0.6) is 0 Å². The van der Waals surface area contributed by atoms with Crippen molar-refractivity contribution in [1.29, 1.82) is 0 Å². The van der Waals surface area contributed by atoms with Crippen LogP contribution in [0.4, 0.5) is 11.6 Å². The molecule has 17 heavy (non-hydrogen) atoms. The van der Waals surface area contributed by atoms with Crippen LogP contribution in [0.3, 0.4) is 0 Å². The minimum Gasteiger partial charge on any atom is -0.382 e. The summed E-state index contributed by atoms with van der Waals surface area (Å²) in [6.45, 7) is 5.04. The molecule has 0 radical (unpaired) electrons. The highest BCUT2D eigenvalue weighted by atomic mass is 16.2. The summed E-state index contributed by atoms with van der Waals surface area (Å²) in [6, 6.07) is 3.39. The minimum absolute atomic E-state index is 0.0279. The predicted molar refractivity (Wildman–Crippen MR) is 67.6 cm³/mol. The first-order valence-electron chi connectivity index (χ1n) is 5.56. The fraction of sp³-hybridized carbons (Fsp3) is 0.545. The number of rotatable bonds is 5. The lowest BCUT2D eigenvalue weighted by molar-refractivity contribution is -0.119. The molecule has 1 rings (SSSR count). The lowest BCUT2D eigenvalue weighted by Crippen LogP contribution is -2.37. The molecule has 0 spiro atoms. The van der Waals surface area contributed by atoms with E-state index in [0.29, 0.717) is 24.1 Å². The summed E-state index contributed by atoms with van der Waals surface area (Å²) in [5.41, 5.74) is 5.44. The van der Waals surface area contributed by atoms with Gasteiger partial charge in [-0.05, 0) is 18.1 Å². The van der Waals surface area contributed by atoms with Crippen LogP contribution in [0.25, 0.3) is 0 Å². The molecular formula is C11H19N5O. The summed E-state index contributed by atoms with van der Waals surface area (Å²) in [6.07, 6.45) is 0. The zero-order valence-electron chi connectivity index (χ0n) is 10.5. The molecular weight excluding hydrogens is 218 g/mol. The number of likely N-dealkylation sites (N-methyl/N-ethyl adjacent to an activating group) is 1. The van der Waals surface area contributed by atoms with Crippen LogP contribution in [0, 0.1) is 5.92 Å². The summed E-state index contributed by atoms with van der Waals surface area (Å²) < 4.78 is 0. The molecule has 0 fully saturated rings. The number of nitrogens with two attached hydrogens (primary N) is 1. The number of anilines is 2. The second-order valence-corrected chi connectivity index (χ2v) is 4.37. The molecule has 0 aliphatic heterocycles. The highest BCUT2D eigenvalue weighted by Crippen LogP contribution is 2.07. The third kappa shape index (κ3) is 4.67. The SMILES string of the molecule is CC(C)CNC(=O)CN(C)c1ccc(N)nn1. The Labute approximate surface area is 101 Å². The quantitative estimate of drug-likeness (QED) is 0.767. The molecule has 1 aromatic rings. The van der Waals surface area contributed by atoms with Crippen LogP contribution >= 0.6 is 0 Å². The maximum Gasteiger partial charge on any atom is 0.239 e. The Morgan fingerprint density at radius 1 is 1.47 bits per heavy atom. The van der Waals surface area contributed by atoms with Crippen LogP contribution in [0.15, 0.2) is 12.1 Å². The summed E-state index contributed by atoms with van der Waals surface area (Å²) in [7, 11) is 1.79. The Balaban J connectivity index is 2.46. The lowest BCUT2D eigenvalue weighted by atomic mass is 10.2. The van der Waals surface area contributed by atoms with Crippen molar-refractivity contribution >= 4 is 17.5 Å². The first kappa shape index (κ1) is 13.2. The van der Waals surface area contributed by atoms with E-state index in [1.165, 1.54) is 0 Å². The molecule has 0 aliphatic carbocycles. The molecule has 6 heteroatoms. The Hall–Kier alpha value is -1.85. The number of nitrogens with one attached hydrogen (secondary N) is 1. The number of nitrogens with zero attached hydrogens (tertiary/aromatic N) is 3. The molecule has 0 atom stereocenters. The standard InChI is InChI=1S/C11H19N5O/c1-8(2)6-13-11(17)7-16(3)10-5-4-9(12)14-15-10/h4-5,8H,6-7H2,1-3H3,(H2,12,14)(H,13,17). The van der Waals surface area contributed by atoms with Crippen molar-refractivity contribution in [2.24, 2.45) is 5.92 Å². The number of carbonyl (C=O) groups excluding carboxylic acids is 1. The van der Waals surface area contributed by atoms with E-state index >= 15 is 0 Å². The average Bonchev–Trinajstić information content (AvgIpc) is 2.27. The summed E-state index contributed by atoms with van der Waals surface area (Å²) in [5, 5.41) is 10.5. The van der Waals surface area contributed by atoms with Gasteiger partial charge in [0.25, 0.3) is 0 Å². The van der Waals surface area contributed by atoms with Crippen LogP contribution in [0.1, 0.15) is 13.8 Å². The van der Waals surface area contributed by atoms with Gasteiger partial charge in [-0.1, -0.05) is 13.8 Å². The second-order valence-electron chi connectivity index (χ2n) is 4.37. The zero-order chi connectivity index (χ0) is 12.8. The fourth-order valence-electron chi connectivity index (χ4n) is 1.21. The van der Waals surface area contributed by atoms with Gasteiger partial charge in [-0.15, -0.1) is 10.2 Å². The molecule has 0 bridgehead atoms. The van der Waals surface area contributed by atoms with Crippen LogP contribution < -0.4 is 16.0 Å². The molecule has 6 nitrogen and oxygen atoms in total. The van der Waals surface area contributed by atoms with E-state index < -0.39 is 0 Å². The van der Waals surface area contributed by atoms with Crippen molar-refractivity contribution in [3.63, 3.8) is 0 Å². The summed E-state index contributed by atoms with van der Waals surface area (Å²) in [5.74, 6) is 1.41. The highest BCUT2D eigenvalue weighted by Gasteiger charge is 2.08. The number of hydrogen-bond donors (Lipinski definition) is 2. The van der Waals surface area contributed by atoms with Gasteiger partial charge in [0.1, 0.15) is 5.82 Å². The molecule has 0 saturated heterocycles. The van der Waals surface area contributed by atoms with Crippen molar-refractivity contribution in [3.8, 4) is 0 Å². The van der Waals surface area contributed by atoms with Crippen molar-refractivity contribution < 1.29 is 4.79 Å². The van der Waals surface area contributed by atoms with Crippen molar-refractivity contribution in [2.45, 2.75) is 13.8 Å². The van der Waals surface area contributed by atoms with Gasteiger partial charge in [0.05, 0.1) is 6.54 Å². The van der Waals surface area contributed by atoms with E-state index in [-0.39, 0.29) is 12.5 Å². The van der Waals surface area contributed by atoms with Crippen LogP contribution in [0.2, 0.25) is 0 Å². The molecule has 0 aromatic carbocycles. The van der Waals surface area contributed by atoms with Crippen LogP contribution in [-0.2, 0) is 4.79 Å². The highest BCUT2D eigenvalue weighted by molar-refractivity contribution is 5.80. The molecule has 0 aliphatic rings. The Bertz CT molecular complexity index is 363. The molecule has 1 heterocycles. The monoisotopic (exact) mass is 237 g/mol. The molecule has 0 unspecified atom stereocenters. The maximum absolute atomic E-state index is 11.6. The zero-order valence-corrected chi connectivity index (χ0v) is 10.5. The molecule has 94 valence electrons. The van der Waals surface area contributed by atoms with E-state index in [0.717, 1.165) is 0 Å². The normalized spacial score (nSPS) is 10.4. The number of hydrogen-bond acceptors (Lipinski definition) is 5. The van der Waals surface area contributed by atoms with Gasteiger partial charge in [-0.2, -0.15) is 0 Å². The topological polar surface area (TPSA) is 84.1 Å². The van der Waals surface area contributed by atoms with Crippen molar-refractivity contribution in [2.75, 3.05) is 30.8 Å². The van der Waals surface area contributed by atoms with Gasteiger partial charge in [0.2, 0.25) is 5.91 Å². The number of nitrogen functional groups attached to an aromatic ring is 1. The van der Waals surface area contributed by atoms with Gasteiger partial charge in [0, 0.05) is 13.6 Å². The summed E-state index contributed by atoms with van der Waals surface area (Å²) in [4.78, 5) is 13.3. The van der Waals surface area contributed by atoms with Gasteiger partial charge in [-0.3, -0.25) is 4.79 Å². The third-order valence-electron chi connectivity index (χ3n) is 2.15. The van der Waals surface area contributed by atoms with E-state index in [1.54, 1.807) is 24.1 Å². The fourth-order valence-corrected chi connectivity index (χ4v) is 1.21. The largest absolute Gasteiger partial charge is 0.382 e. The first-order valence-corrected chi connectivity index (χ1v) is 5.56. The second kappa shape index (κ2) is 6.03. The molecule has 1 aromatic heterocycles. The minimum atomic E-state index is -0.0279. The predicted octanol–water partition coefficient (Wildman–Crippen LogP) is 0.267. The van der Waals surface area contributed by atoms with E-state index in [4.69, 9.17) is 5.73 Å². The number of aromatic nitrogens is 2. The smallest absolute Gasteiger partial charge is 0.239 e. The Morgan fingerprint density at radius 3 is 2.71 bits per heavy atom. The Morgan fingerprint density at radius 2 is 2.18 bits per heavy atom. The van der Waals surface area contributed by atoms with Gasteiger partial charge in [0.15, 0.2) is 5.82 Å². The molecule has 0 saturated carbocycles. The maximum atomic E-state index is 11.6. The van der Waals surface area contributed by atoms with Gasteiger partial charge >= 0.3 is 0 Å². The lowest BCUT2D eigenvalue weighted by Gasteiger charge is -2.17. The molecule has 3 N–H and O–H groups in total. The summed E-state index contributed by atoms with van der Waals surface area (Å²) >= 11 is 0. The van der Waals surface area contributed by atoms with E-state index in [1.807, 2.05) is 0 Å². The average molecular weight is 237 g/mol. The molecule has 1 amide bonds. The number of amides is 1. The third-order valence-corrected chi connectivity index (χ3v) is 2.15. The Kier molecular flexibility index (Phi) is 4.68. The number of carbonyl (C=O) groups is 1. The van der Waals surface area contributed by atoms with E-state index in [2.05, 4.69) is 29.4 Å². The van der Waals surface area contributed by atoms with E-state index in [9.17, 15) is 4.79 Å².